The lowest BCUT2D eigenvalue weighted by Gasteiger charge is -2.27. The van der Waals surface area contributed by atoms with Crippen LogP contribution in [0, 0.1) is 0 Å². The van der Waals surface area contributed by atoms with Gasteiger partial charge in [-0.15, -0.1) is 11.3 Å². The summed E-state index contributed by atoms with van der Waals surface area (Å²) in [4.78, 5) is 62.1. The van der Waals surface area contributed by atoms with Crippen LogP contribution in [0.3, 0.4) is 0 Å². The third-order valence-electron chi connectivity index (χ3n) is 10.3. The van der Waals surface area contributed by atoms with Gasteiger partial charge in [-0.05, 0) is 67.3 Å². The van der Waals surface area contributed by atoms with Crippen LogP contribution in [0.4, 0.5) is 5.69 Å². The van der Waals surface area contributed by atoms with Crippen LogP contribution in [-0.2, 0) is 39.7 Å². The second-order valence-corrected chi connectivity index (χ2v) is 15.9. The van der Waals surface area contributed by atoms with E-state index in [2.05, 4.69) is 69.8 Å². The highest BCUT2D eigenvalue weighted by molar-refractivity contribution is 7.21. The molecule has 15 nitrogen and oxygen atoms in total. The summed E-state index contributed by atoms with van der Waals surface area (Å²) in [5, 5.41) is 3.20. The molecule has 4 amide bonds. The Morgan fingerprint density at radius 1 is 0.694 bits per heavy atom. The summed E-state index contributed by atoms with van der Waals surface area (Å²) in [6.07, 6.45) is 3.81. The van der Waals surface area contributed by atoms with Crippen molar-refractivity contribution >= 4 is 50.9 Å². The topological polar surface area (TPSA) is 168 Å². The number of benzene rings is 3. The first-order valence-electron chi connectivity index (χ1n) is 20.8. The second kappa shape index (κ2) is 21.9. The quantitative estimate of drug-likeness (QED) is 0.0603. The number of pyridine rings is 1. The van der Waals surface area contributed by atoms with Crippen LogP contribution in [0.2, 0.25) is 0 Å². The van der Waals surface area contributed by atoms with E-state index >= 15 is 0 Å². The second-order valence-electron chi connectivity index (χ2n) is 14.8. The maximum Gasteiger partial charge on any atom is 0.262 e. The molecule has 2 aliphatic rings. The lowest BCUT2D eigenvalue weighted by molar-refractivity contribution is -0.136. The Morgan fingerprint density at radius 2 is 1.32 bits per heavy atom. The minimum atomic E-state index is -1.01. The van der Waals surface area contributed by atoms with Gasteiger partial charge in [0.1, 0.15) is 23.4 Å². The Balaban J connectivity index is 0.656. The van der Waals surface area contributed by atoms with Gasteiger partial charge in [-0.2, -0.15) is 0 Å². The monoisotopic (exact) mass is 865 g/mol. The molecular formula is C46H51N5O10S. The molecule has 0 spiro atoms. The standard InChI is InChI=1S/C46H51N5O10S/c1-50(2)35-11-14-39-41(28-35)62-44(48-39)32-7-5-31(6-8-32)33-9-10-34(47-30-33)4-3-17-56-18-19-57-20-21-58-22-23-59-24-25-60-26-27-61-36-12-13-37-38(29-36)46(55)51(45(37)54)40-15-16-42(52)49-43(40)53/h5-14,28-30,40H,3-4,15-27H2,1-2H3,(H,49,52,53). The molecule has 0 radical (unpaired) electrons. The Morgan fingerprint density at radius 3 is 1.97 bits per heavy atom. The van der Waals surface area contributed by atoms with Crippen molar-refractivity contribution in [3.05, 3.63) is 95.8 Å². The molecule has 16 heteroatoms. The fraction of sp³-hybridized carbons (Fsp3) is 0.391. The normalized spacial score (nSPS) is 15.1. The summed E-state index contributed by atoms with van der Waals surface area (Å²) in [6, 6.07) is 22.6. The summed E-state index contributed by atoms with van der Waals surface area (Å²) in [6.45, 7) is 4.72. The molecule has 1 atom stereocenters. The van der Waals surface area contributed by atoms with Crippen molar-refractivity contribution in [1.29, 1.82) is 0 Å². The number of piperidine rings is 1. The number of anilines is 1. The molecule has 5 aromatic rings. The number of thiazole rings is 1. The lowest BCUT2D eigenvalue weighted by Crippen LogP contribution is -2.54. The Hall–Kier alpha value is -5.62. The maximum atomic E-state index is 13.0. The molecule has 1 unspecified atom stereocenters. The fourth-order valence-corrected chi connectivity index (χ4v) is 7.96. The summed E-state index contributed by atoms with van der Waals surface area (Å²) >= 11 is 1.71. The van der Waals surface area contributed by atoms with E-state index in [1.165, 1.54) is 22.5 Å². The zero-order valence-corrected chi connectivity index (χ0v) is 35.8. The molecule has 0 aliphatic carbocycles. The van der Waals surface area contributed by atoms with Gasteiger partial charge < -0.3 is 33.3 Å². The van der Waals surface area contributed by atoms with E-state index in [0.717, 1.165) is 50.7 Å². The van der Waals surface area contributed by atoms with Gasteiger partial charge in [0.25, 0.3) is 11.8 Å². The maximum absolute atomic E-state index is 13.0. The van der Waals surface area contributed by atoms with Crippen molar-refractivity contribution in [2.45, 2.75) is 31.7 Å². The summed E-state index contributed by atoms with van der Waals surface area (Å²) in [5.74, 6) is -1.82. The number of amides is 4. The molecule has 0 saturated carbocycles. The molecule has 7 rings (SSSR count). The van der Waals surface area contributed by atoms with Crippen molar-refractivity contribution in [3.8, 4) is 27.4 Å². The van der Waals surface area contributed by atoms with Gasteiger partial charge in [0, 0.05) is 55.8 Å². The fourth-order valence-electron chi connectivity index (χ4n) is 6.96. The van der Waals surface area contributed by atoms with Crippen LogP contribution < -0.4 is 15.0 Å². The molecule has 0 bridgehead atoms. The number of aromatic nitrogens is 2. The largest absolute Gasteiger partial charge is 0.491 e. The molecule has 2 aliphatic heterocycles. The molecule has 3 aromatic carbocycles. The molecule has 62 heavy (non-hydrogen) atoms. The highest BCUT2D eigenvalue weighted by Crippen LogP contribution is 2.34. The van der Waals surface area contributed by atoms with E-state index in [0.29, 0.717) is 71.8 Å². The van der Waals surface area contributed by atoms with Crippen molar-refractivity contribution in [3.63, 3.8) is 0 Å². The smallest absolute Gasteiger partial charge is 0.262 e. The first kappa shape index (κ1) is 44.4. The number of imide groups is 2. The Labute approximate surface area is 364 Å². The first-order chi connectivity index (χ1) is 30.2. The van der Waals surface area contributed by atoms with Crippen LogP contribution in [0.1, 0.15) is 45.7 Å². The SMILES string of the molecule is CN(C)c1ccc2nc(-c3ccc(-c4ccc(CCCOCCOCCOCCOCCOCCOc5ccc6c(c5)C(=O)N(C5CCC(=O)NC5=O)C6=O)nc4)cc3)sc2c1. The number of carbonyl (C=O) groups is 4. The zero-order chi connectivity index (χ0) is 43.3. The van der Waals surface area contributed by atoms with E-state index in [4.69, 9.17) is 33.4 Å². The Bertz CT molecular complexity index is 2320. The molecule has 1 N–H and O–H groups in total. The minimum absolute atomic E-state index is 0.0627. The van der Waals surface area contributed by atoms with Crippen molar-refractivity contribution in [2.24, 2.45) is 0 Å². The molecule has 2 aromatic heterocycles. The summed E-state index contributed by atoms with van der Waals surface area (Å²) < 4.78 is 34.8. The summed E-state index contributed by atoms with van der Waals surface area (Å²) in [5.41, 5.74) is 6.89. The Kier molecular flexibility index (Phi) is 15.7. The van der Waals surface area contributed by atoms with Crippen LogP contribution >= 0.6 is 11.3 Å². The third-order valence-corrected chi connectivity index (χ3v) is 11.4. The highest BCUT2D eigenvalue weighted by Gasteiger charge is 2.44. The van der Waals surface area contributed by atoms with Gasteiger partial charge in [-0.1, -0.05) is 30.3 Å². The lowest BCUT2D eigenvalue weighted by atomic mass is 10.0. The van der Waals surface area contributed by atoms with Crippen LogP contribution in [0.25, 0.3) is 31.9 Å². The van der Waals surface area contributed by atoms with Crippen LogP contribution in [0.5, 0.6) is 5.75 Å². The molecule has 1 saturated heterocycles. The van der Waals surface area contributed by atoms with Gasteiger partial charge in [-0.3, -0.25) is 34.4 Å². The van der Waals surface area contributed by atoms with Crippen LogP contribution in [-0.4, -0.2) is 131 Å². The number of nitrogens with one attached hydrogen (secondary N) is 1. The van der Waals surface area contributed by atoms with Gasteiger partial charge in [0.15, 0.2) is 0 Å². The third kappa shape index (κ3) is 11.6. The van der Waals surface area contributed by atoms with Gasteiger partial charge in [0.05, 0.1) is 80.8 Å². The average molecular weight is 866 g/mol. The van der Waals surface area contributed by atoms with E-state index in [9.17, 15) is 19.2 Å². The van der Waals surface area contributed by atoms with Crippen molar-refractivity contribution < 1.29 is 47.6 Å². The van der Waals surface area contributed by atoms with Crippen molar-refractivity contribution in [2.75, 3.05) is 91.7 Å². The van der Waals surface area contributed by atoms with E-state index in [1.54, 1.807) is 17.4 Å². The van der Waals surface area contributed by atoms with Gasteiger partial charge >= 0.3 is 0 Å². The number of fused-ring (bicyclic) bond motifs is 2. The number of rotatable bonds is 24. The minimum Gasteiger partial charge on any atom is -0.491 e. The van der Waals surface area contributed by atoms with Crippen molar-refractivity contribution in [1.82, 2.24) is 20.2 Å². The van der Waals surface area contributed by atoms with E-state index in [-0.39, 0.29) is 30.6 Å². The van der Waals surface area contributed by atoms with E-state index < -0.39 is 29.7 Å². The molecular weight excluding hydrogens is 815 g/mol. The predicted molar refractivity (Wildman–Crippen MR) is 234 cm³/mol. The zero-order valence-electron chi connectivity index (χ0n) is 35.0. The number of aryl methyl sites for hydroxylation is 1. The predicted octanol–water partition coefficient (Wildman–Crippen LogP) is 5.59. The molecule has 4 heterocycles. The summed E-state index contributed by atoms with van der Waals surface area (Å²) in [7, 11) is 4.09. The number of ether oxygens (including phenoxy) is 6. The first-order valence-corrected chi connectivity index (χ1v) is 21.6. The number of nitrogens with zero attached hydrogens (tertiary/aromatic N) is 4. The van der Waals surface area contributed by atoms with Gasteiger partial charge in [0.2, 0.25) is 11.8 Å². The average Bonchev–Trinajstić information content (AvgIpc) is 3.82. The number of carbonyl (C=O) groups excluding carboxylic acids is 4. The van der Waals surface area contributed by atoms with Crippen LogP contribution in [0.15, 0.2) is 79.0 Å². The van der Waals surface area contributed by atoms with E-state index in [1.807, 2.05) is 20.3 Å². The molecule has 326 valence electrons. The molecule has 1 fully saturated rings. The highest BCUT2D eigenvalue weighted by atomic mass is 32.1. The number of hydrogen-bond acceptors (Lipinski definition) is 14. The number of hydrogen-bond donors (Lipinski definition) is 1. The van der Waals surface area contributed by atoms with Gasteiger partial charge in [-0.25, -0.2) is 4.98 Å².